The van der Waals surface area contributed by atoms with Crippen molar-refractivity contribution in [2.75, 3.05) is 31.8 Å². The van der Waals surface area contributed by atoms with Crippen LogP contribution in [0.4, 0.5) is 5.95 Å². The fraction of sp³-hybridized carbons (Fsp3) is 0.650. The highest BCUT2D eigenvalue weighted by Crippen LogP contribution is 2.26. The van der Waals surface area contributed by atoms with Gasteiger partial charge in [-0.25, -0.2) is 4.98 Å². The van der Waals surface area contributed by atoms with Crippen molar-refractivity contribution in [2.45, 2.75) is 58.2 Å². The monoisotopic (exact) mass is 497 g/mol. The molecule has 0 spiro atoms. The highest BCUT2D eigenvalue weighted by atomic mass is 31.1. The lowest BCUT2D eigenvalue weighted by Crippen LogP contribution is -2.37. The fourth-order valence-corrected chi connectivity index (χ4v) is 4.99. The van der Waals surface area contributed by atoms with E-state index in [2.05, 4.69) is 25.1 Å². The Morgan fingerprint density at radius 3 is 2.88 bits per heavy atom. The van der Waals surface area contributed by atoms with Crippen molar-refractivity contribution in [1.29, 1.82) is 0 Å². The van der Waals surface area contributed by atoms with E-state index in [0.29, 0.717) is 12.2 Å². The number of anilines is 1. The van der Waals surface area contributed by atoms with Gasteiger partial charge in [0.15, 0.2) is 11.2 Å². The Kier molecular flexibility index (Phi) is 9.75. The molecule has 1 unspecified atom stereocenters. The first-order chi connectivity index (χ1) is 16.4. The van der Waals surface area contributed by atoms with Crippen LogP contribution in [0.2, 0.25) is 0 Å². The van der Waals surface area contributed by atoms with Gasteiger partial charge in [0.25, 0.3) is 5.56 Å². The summed E-state index contributed by atoms with van der Waals surface area (Å²) in [5.74, 6) is -0.706. The molecule has 0 radical (unpaired) electrons. The lowest BCUT2D eigenvalue weighted by molar-refractivity contribution is -0.147. The van der Waals surface area contributed by atoms with Gasteiger partial charge in [-0.05, 0) is 39.5 Å². The molecule has 13 nitrogen and oxygen atoms in total. The van der Waals surface area contributed by atoms with Crippen LogP contribution in [0.5, 0.6) is 0 Å². The number of fused-ring (bicyclic) bond motifs is 1. The van der Waals surface area contributed by atoms with Gasteiger partial charge in [0.1, 0.15) is 12.1 Å². The van der Waals surface area contributed by atoms with Crippen molar-refractivity contribution in [3.8, 4) is 0 Å². The first kappa shape index (κ1) is 26.0. The third kappa shape index (κ3) is 7.45. The van der Waals surface area contributed by atoms with Crippen LogP contribution in [0.15, 0.2) is 11.1 Å². The maximum absolute atomic E-state index is 12.2. The number of hydrogen-bond acceptors (Lipinski definition) is 11. The van der Waals surface area contributed by atoms with Gasteiger partial charge < -0.3 is 24.5 Å². The largest absolute Gasteiger partial charge is 0.465 e. The summed E-state index contributed by atoms with van der Waals surface area (Å²) in [6, 6.07) is -0.579. The summed E-state index contributed by atoms with van der Waals surface area (Å²) in [5.41, 5.74) is 5.78. The standard InChI is InChI=1S/C20H32N7O6P/c1-3-32-19(30)13(2)26-34(23-10-15(28)33-14-6-4-5-7-14)12-31-9-8-27-11-22-16-17(27)24-20(21)25-18(16)29/h11,13-14,23,26H,3-10,12H2,1-2H3,(H3,21,24,25,29)/t13-,34?/m0/s1. The van der Waals surface area contributed by atoms with Crippen LogP contribution >= 0.6 is 8.22 Å². The highest BCUT2D eigenvalue weighted by Gasteiger charge is 2.22. The fourth-order valence-electron chi connectivity index (χ4n) is 3.53. The molecule has 188 valence electrons. The molecule has 2 aromatic rings. The van der Waals surface area contributed by atoms with Gasteiger partial charge in [0.2, 0.25) is 5.95 Å². The number of imidazole rings is 1. The number of aromatic amines is 1. The second-order valence-electron chi connectivity index (χ2n) is 7.86. The first-order valence-electron chi connectivity index (χ1n) is 11.3. The summed E-state index contributed by atoms with van der Waals surface area (Å²) >= 11 is 0. The topological polar surface area (TPSA) is 175 Å². The number of carbonyl (C=O) groups is 2. The van der Waals surface area contributed by atoms with E-state index in [1.54, 1.807) is 18.4 Å². The number of hydrogen-bond donors (Lipinski definition) is 4. The second kappa shape index (κ2) is 12.7. The minimum Gasteiger partial charge on any atom is -0.465 e. The molecule has 14 heteroatoms. The summed E-state index contributed by atoms with van der Waals surface area (Å²) < 4.78 is 18.0. The van der Waals surface area contributed by atoms with E-state index in [1.807, 2.05) is 0 Å². The van der Waals surface area contributed by atoms with Gasteiger partial charge in [-0.3, -0.25) is 29.5 Å². The van der Waals surface area contributed by atoms with E-state index < -0.39 is 19.8 Å². The maximum atomic E-state index is 12.2. The Bertz CT molecular complexity index is 1020. The normalized spacial score (nSPS) is 15.9. The Morgan fingerprint density at radius 2 is 2.15 bits per heavy atom. The minimum absolute atomic E-state index is 0.00619. The van der Waals surface area contributed by atoms with Gasteiger partial charge in [-0.1, -0.05) is 0 Å². The number of aromatic nitrogens is 4. The van der Waals surface area contributed by atoms with Crippen LogP contribution in [-0.4, -0.2) is 69.7 Å². The zero-order valence-corrected chi connectivity index (χ0v) is 20.3. The van der Waals surface area contributed by atoms with E-state index in [1.165, 1.54) is 6.33 Å². The number of nitrogens with one attached hydrogen (secondary N) is 3. The van der Waals surface area contributed by atoms with Crippen LogP contribution in [0.25, 0.3) is 11.2 Å². The number of nitrogens with two attached hydrogens (primary N) is 1. The Labute approximate surface area is 198 Å². The number of rotatable bonds is 13. The maximum Gasteiger partial charge on any atom is 0.323 e. The van der Waals surface area contributed by atoms with Crippen molar-refractivity contribution >= 4 is 37.3 Å². The van der Waals surface area contributed by atoms with Gasteiger partial charge in [0.05, 0.1) is 40.7 Å². The molecule has 5 N–H and O–H groups in total. The van der Waals surface area contributed by atoms with Gasteiger partial charge in [-0.2, -0.15) is 4.98 Å². The Hall–Kier alpha value is -2.60. The number of nitrogen functional groups attached to an aromatic ring is 1. The predicted octanol–water partition coefficient (Wildman–Crippen LogP) is 0.604. The van der Waals surface area contributed by atoms with Crippen molar-refractivity contribution < 1.29 is 23.8 Å². The molecule has 2 atom stereocenters. The number of ether oxygens (including phenoxy) is 3. The molecule has 1 aliphatic rings. The van der Waals surface area contributed by atoms with Gasteiger partial charge in [-0.15, -0.1) is 0 Å². The Morgan fingerprint density at radius 1 is 1.38 bits per heavy atom. The van der Waals surface area contributed by atoms with Crippen molar-refractivity contribution in [1.82, 2.24) is 29.7 Å². The molecule has 1 aliphatic carbocycles. The first-order valence-corrected chi connectivity index (χ1v) is 12.8. The zero-order valence-electron chi connectivity index (χ0n) is 19.4. The van der Waals surface area contributed by atoms with Crippen LogP contribution in [0.3, 0.4) is 0 Å². The molecule has 0 aromatic carbocycles. The molecule has 1 saturated carbocycles. The smallest absolute Gasteiger partial charge is 0.323 e. The quantitative estimate of drug-likeness (QED) is 0.173. The molecule has 2 aromatic heterocycles. The van der Waals surface area contributed by atoms with E-state index in [4.69, 9.17) is 19.9 Å². The lowest BCUT2D eigenvalue weighted by atomic mass is 10.3. The van der Waals surface area contributed by atoms with Gasteiger partial charge in [0, 0.05) is 6.54 Å². The predicted molar refractivity (Wildman–Crippen MR) is 126 cm³/mol. The van der Waals surface area contributed by atoms with Crippen LogP contribution < -0.4 is 21.5 Å². The van der Waals surface area contributed by atoms with Crippen LogP contribution in [0, 0.1) is 0 Å². The molecule has 34 heavy (non-hydrogen) atoms. The highest BCUT2D eigenvalue weighted by molar-refractivity contribution is 7.53. The summed E-state index contributed by atoms with van der Waals surface area (Å²) in [4.78, 5) is 46.7. The minimum atomic E-state index is -1.25. The molecule has 3 rings (SSSR count). The van der Waals surface area contributed by atoms with E-state index >= 15 is 0 Å². The number of nitrogens with zero attached hydrogens (tertiary/aromatic N) is 3. The summed E-state index contributed by atoms with van der Waals surface area (Å²) in [5, 5.41) is 6.25. The molecular formula is C20H32N7O6P. The molecule has 2 heterocycles. The second-order valence-corrected chi connectivity index (χ2v) is 9.55. The Balaban J connectivity index is 1.52. The van der Waals surface area contributed by atoms with Crippen molar-refractivity contribution in [2.24, 2.45) is 0 Å². The summed E-state index contributed by atoms with van der Waals surface area (Å²) in [6.07, 6.45) is 5.66. The van der Waals surface area contributed by atoms with Crippen molar-refractivity contribution in [3.05, 3.63) is 16.7 Å². The third-order valence-electron chi connectivity index (χ3n) is 5.19. The van der Waals surface area contributed by atoms with E-state index in [-0.39, 0.29) is 55.6 Å². The SMILES string of the molecule is CCOC(=O)[C@H](C)NP(COCCn1cnc2c(=O)[nH]c(N)nc21)NCC(=O)OC1CCCC1. The lowest BCUT2D eigenvalue weighted by Gasteiger charge is -2.23. The van der Waals surface area contributed by atoms with E-state index in [0.717, 1.165) is 25.7 Å². The number of H-pyrrole nitrogens is 1. The van der Waals surface area contributed by atoms with Gasteiger partial charge >= 0.3 is 11.9 Å². The van der Waals surface area contributed by atoms with Crippen molar-refractivity contribution in [3.63, 3.8) is 0 Å². The average Bonchev–Trinajstić information content (AvgIpc) is 3.45. The molecule has 0 aliphatic heterocycles. The third-order valence-corrected chi connectivity index (χ3v) is 6.87. The number of carbonyl (C=O) groups excluding carboxylic acids is 2. The average molecular weight is 497 g/mol. The molecule has 0 bridgehead atoms. The molecule has 1 fully saturated rings. The summed E-state index contributed by atoms with van der Waals surface area (Å²) in [7, 11) is -1.25. The van der Waals surface area contributed by atoms with E-state index in [9.17, 15) is 14.4 Å². The number of esters is 2. The van der Waals surface area contributed by atoms with Crippen LogP contribution in [0.1, 0.15) is 39.5 Å². The zero-order chi connectivity index (χ0) is 24.5. The van der Waals surface area contributed by atoms with Crippen LogP contribution in [-0.2, 0) is 30.3 Å². The molecule has 0 saturated heterocycles. The summed E-state index contributed by atoms with van der Waals surface area (Å²) in [6.45, 7) is 4.38. The molecule has 0 amide bonds. The molecular weight excluding hydrogens is 465 g/mol.